The van der Waals surface area contributed by atoms with Crippen LogP contribution in [0.4, 0.5) is 4.39 Å². The molecular formula is C16H15FN4O2S. The van der Waals surface area contributed by atoms with E-state index < -0.39 is 11.9 Å². The highest BCUT2D eigenvalue weighted by Gasteiger charge is 2.16. The number of hydrogen-bond donors (Lipinski definition) is 2. The van der Waals surface area contributed by atoms with Gasteiger partial charge in [-0.1, -0.05) is 18.2 Å². The molecular weight excluding hydrogens is 331 g/mol. The van der Waals surface area contributed by atoms with E-state index in [1.807, 2.05) is 6.20 Å². The Balaban J connectivity index is 1.63. The SMILES string of the molecule is Cn1cc(-c2ncc(C(=O)NCC(O)c3ccccc3F)s2)cn1. The fourth-order valence-corrected chi connectivity index (χ4v) is 2.98. The molecule has 0 fully saturated rings. The van der Waals surface area contributed by atoms with E-state index in [2.05, 4.69) is 15.4 Å². The quantitative estimate of drug-likeness (QED) is 0.742. The van der Waals surface area contributed by atoms with Crippen LogP contribution in [0.3, 0.4) is 0 Å². The number of carbonyl (C=O) groups is 1. The van der Waals surface area contributed by atoms with Crippen LogP contribution in [0.1, 0.15) is 21.3 Å². The Morgan fingerprint density at radius 1 is 1.42 bits per heavy atom. The summed E-state index contributed by atoms with van der Waals surface area (Å²) >= 11 is 1.23. The van der Waals surface area contributed by atoms with Crippen LogP contribution < -0.4 is 5.32 Å². The van der Waals surface area contributed by atoms with E-state index in [-0.39, 0.29) is 18.0 Å². The Morgan fingerprint density at radius 3 is 2.92 bits per heavy atom. The highest BCUT2D eigenvalue weighted by atomic mass is 32.1. The second-order valence-corrected chi connectivity index (χ2v) is 6.21. The number of rotatable bonds is 5. The number of halogens is 1. The van der Waals surface area contributed by atoms with E-state index in [0.717, 1.165) is 5.56 Å². The van der Waals surface area contributed by atoms with Gasteiger partial charge in [-0.3, -0.25) is 9.48 Å². The van der Waals surface area contributed by atoms with Crippen LogP contribution in [0.5, 0.6) is 0 Å². The van der Waals surface area contributed by atoms with Gasteiger partial charge in [0.1, 0.15) is 15.7 Å². The summed E-state index contributed by atoms with van der Waals surface area (Å²) in [5.74, 6) is -0.867. The second kappa shape index (κ2) is 6.90. The Kier molecular flexibility index (Phi) is 4.68. The lowest BCUT2D eigenvalue weighted by Gasteiger charge is -2.12. The highest BCUT2D eigenvalue weighted by molar-refractivity contribution is 7.16. The number of aryl methyl sites for hydroxylation is 1. The lowest BCUT2D eigenvalue weighted by Crippen LogP contribution is -2.28. The maximum atomic E-state index is 13.6. The molecule has 3 rings (SSSR count). The van der Waals surface area contributed by atoms with Crippen molar-refractivity contribution in [1.29, 1.82) is 0 Å². The second-order valence-electron chi connectivity index (χ2n) is 5.18. The van der Waals surface area contributed by atoms with Crippen molar-refractivity contribution in [3.05, 3.63) is 59.1 Å². The average molecular weight is 346 g/mol. The van der Waals surface area contributed by atoms with Crippen molar-refractivity contribution in [2.45, 2.75) is 6.10 Å². The third-order valence-electron chi connectivity index (χ3n) is 3.40. The molecule has 8 heteroatoms. The summed E-state index contributed by atoms with van der Waals surface area (Å²) in [5.41, 5.74) is 0.978. The van der Waals surface area contributed by atoms with Crippen molar-refractivity contribution in [1.82, 2.24) is 20.1 Å². The molecule has 0 saturated carbocycles. The van der Waals surface area contributed by atoms with E-state index >= 15 is 0 Å². The third-order valence-corrected chi connectivity index (χ3v) is 4.45. The maximum Gasteiger partial charge on any atom is 0.263 e. The van der Waals surface area contributed by atoms with Crippen molar-refractivity contribution >= 4 is 17.2 Å². The Morgan fingerprint density at radius 2 is 2.21 bits per heavy atom. The molecule has 124 valence electrons. The molecule has 0 bridgehead atoms. The first-order chi connectivity index (χ1) is 11.5. The van der Waals surface area contributed by atoms with E-state index in [1.54, 1.807) is 30.1 Å². The van der Waals surface area contributed by atoms with Gasteiger partial charge < -0.3 is 10.4 Å². The van der Waals surface area contributed by atoms with Crippen molar-refractivity contribution in [3.8, 4) is 10.6 Å². The number of nitrogens with zero attached hydrogens (tertiary/aromatic N) is 3. The molecule has 0 radical (unpaired) electrons. The maximum absolute atomic E-state index is 13.6. The number of aliphatic hydroxyl groups excluding tert-OH is 1. The molecule has 24 heavy (non-hydrogen) atoms. The van der Waals surface area contributed by atoms with E-state index in [9.17, 15) is 14.3 Å². The normalized spacial score (nSPS) is 12.1. The molecule has 2 N–H and O–H groups in total. The lowest BCUT2D eigenvalue weighted by atomic mass is 10.1. The molecule has 1 amide bonds. The van der Waals surface area contributed by atoms with E-state index in [0.29, 0.717) is 9.88 Å². The van der Waals surface area contributed by atoms with Gasteiger partial charge in [0, 0.05) is 30.9 Å². The number of nitrogens with one attached hydrogen (secondary N) is 1. The number of aliphatic hydroxyl groups is 1. The van der Waals surface area contributed by atoms with Crippen LogP contribution in [0, 0.1) is 5.82 Å². The Bertz CT molecular complexity index is 861. The largest absolute Gasteiger partial charge is 0.386 e. The van der Waals surface area contributed by atoms with Gasteiger partial charge >= 0.3 is 0 Å². The molecule has 1 atom stereocenters. The summed E-state index contributed by atoms with van der Waals surface area (Å²) in [6.07, 6.45) is 3.84. The number of benzene rings is 1. The van der Waals surface area contributed by atoms with E-state index in [4.69, 9.17) is 0 Å². The highest BCUT2D eigenvalue weighted by Crippen LogP contribution is 2.24. The van der Waals surface area contributed by atoms with Crippen LogP contribution in [0.15, 0.2) is 42.9 Å². The van der Waals surface area contributed by atoms with Crippen LogP contribution in [0.2, 0.25) is 0 Å². The van der Waals surface area contributed by atoms with E-state index in [1.165, 1.54) is 29.7 Å². The summed E-state index contributed by atoms with van der Waals surface area (Å²) in [5, 5.41) is 17.3. The molecule has 1 aromatic carbocycles. The first kappa shape index (κ1) is 16.3. The van der Waals surface area contributed by atoms with Crippen molar-refractivity contribution in [3.63, 3.8) is 0 Å². The fraction of sp³-hybridized carbons (Fsp3) is 0.188. The minimum atomic E-state index is -1.11. The van der Waals surface area contributed by atoms with Crippen molar-refractivity contribution in [2.75, 3.05) is 6.54 Å². The van der Waals surface area contributed by atoms with Gasteiger partial charge in [-0.25, -0.2) is 9.37 Å². The minimum Gasteiger partial charge on any atom is -0.386 e. The molecule has 0 spiro atoms. The van der Waals surface area contributed by atoms with Gasteiger partial charge in [-0.15, -0.1) is 11.3 Å². The van der Waals surface area contributed by atoms with Crippen LogP contribution in [-0.4, -0.2) is 32.3 Å². The first-order valence-corrected chi connectivity index (χ1v) is 8.02. The molecule has 6 nitrogen and oxygen atoms in total. The number of amides is 1. The predicted molar refractivity (Wildman–Crippen MR) is 88.0 cm³/mol. The zero-order valence-electron chi connectivity index (χ0n) is 12.8. The lowest BCUT2D eigenvalue weighted by molar-refractivity contribution is 0.0918. The molecule has 0 aliphatic rings. The van der Waals surface area contributed by atoms with Gasteiger partial charge in [0.05, 0.1) is 18.5 Å². The summed E-state index contributed by atoms with van der Waals surface area (Å²) < 4.78 is 15.2. The van der Waals surface area contributed by atoms with Crippen LogP contribution >= 0.6 is 11.3 Å². The van der Waals surface area contributed by atoms with Crippen LogP contribution in [0.25, 0.3) is 10.6 Å². The fourth-order valence-electron chi connectivity index (χ4n) is 2.18. The number of thiazole rings is 1. The predicted octanol–water partition coefficient (Wildman–Crippen LogP) is 2.15. The average Bonchev–Trinajstić information content (AvgIpc) is 3.21. The Hall–Kier alpha value is -2.58. The zero-order chi connectivity index (χ0) is 17.1. The molecule has 0 aliphatic heterocycles. The van der Waals surface area contributed by atoms with Gasteiger partial charge in [-0.05, 0) is 6.07 Å². The van der Waals surface area contributed by atoms with Crippen LogP contribution in [-0.2, 0) is 7.05 Å². The standard InChI is InChI=1S/C16H15FN4O2S/c1-21-9-10(6-20-21)16-19-8-14(24-16)15(23)18-7-13(22)11-4-2-3-5-12(11)17/h2-6,8-9,13,22H,7H2,1H3,(H,18,23). The molecule has 1 unspecified atom stereocenters. The molecule has 0 saturated heterocycles. The summed E-state index contributed by atoms with van der Waals surface area (Å²) in [4.78, 5) is 16.8. The van der Waals surface area contributed by atoms with Gasteiger partial charge in [0.2, 0.25) is 0 Å². The third kappa shape index (κ3) is 3.50. The monoisotopic (exact) mass is 346 g/mol. The molecule has 2 aromatic heterocycles. The molecule has 3 aromatic rings. The molecule has 0 aliphatic carbocycles. The minimum absolute atomic E-state index is 0.0834. The van der Waals surface area contributed by atoms with Crippen molar-refractivity contribution in [2.24, 2.45) is 7.05 Å². The molecule has 2 heterocycles. The summed E-state index contributed by atoms with van der Waals surface area (Å²) in [7, 11) is 1.80. The zero-order valence-corrected chi connectivity index (χ0v) is 13.6. The summed E-state index contributed by atoms with van der Waals surface area (Å²) in [6.45, 7) is -0.0834. The number of hydrogen-bond acceptors (Lipinski definition) is 5. The van der Waals surface area contributed by atoms with Crippen molar-refractivity contribution < 1.29 is 14.3 Å². The number of aromatic nitrogens is 3. The topological polar surface area (TPSA) is 80.0 Å². The van der Waals surface area contributed by atoms with Gasteiger partial charge in [0.25, 0.3) is 5.91 Å². The Labute approximate surface area is 141 Å². The number of carbonyl (C=O) groups excluding carboxylic acids is 1. The first-order valence-electron chi connectivity index (χ1n) is 7.20. The van der Waals surface area contributed by atoms with Gasteiger partial charge in [-0.2, -0.15) is 5.10 Å². The summed E-state index contributed by atoms with van der Waals surface area (Å²) in [6, 6.07) is 5.93. The smallest absolute Gasteiger partial charge is 0.263 e. The van der Waals surface area contributed by atoms with Gasteiger partial charge in [0.15, 0.2) is 0 Å².